The molecule has 7 nitrogen and oxygen atoms in total. The third-order valence-corrected chi connectivity index (χ3v) is 6.63. The van der Waals surface area contributed by atoms with Gasteiger partial charge in [0.2, 0.25) is 10.0 Å². The summed E-state index contributed by atoms with van der Waals surface area (Å²) >= 11 is 0. The quantitative estimate of drug-likeness (QED) is 0.485. The van der Waals surface area contributed by atoms with Crippen LogP contribution >= 0.6 is 0 Å². The largest absolute Gasteiger partial charge is 0.454 e. The monoisotopic (exact) mass is 417 g/mol. The molecule has 0 saturated carbocycles. The number of nitrogens with zero attached hydrogens (tertiary/aromatic N) is 1. The van der Waals surface area contributed by atoms with Gasteiger partial charge in [-0.2, -0.15) is 4.31 Å². The highest BCUT2D eigenvalue weighted by atomic mass is 32.2. The zero-order valence-corrected chi connectivity index (χ0v) is 17.0. The van der Waals surface area contributed by atoms with Crippen molar-refractivity contribution in [3.8, 4) is 0 Å². The van der Waals surface area contributed by atoms with E-state index in [1.54, 1.807) is 31.4 Å². The highest BCUT2D eigenvalue weighted by molar-refractivity contribution is 7.89. The Morgan fingerprint density at radius 3 is 2.10 bits per heavy atom. The van der Waals surface area contributed by atoms with Crippen LogP contribution in [0.4, 0.5) is 0 Å². The molecule has 0 N–H and O–H groups in total. The Balaban J connectivity index is 1.58. The van der Waals surface area contributed by atoms with Crippen LogP contribution in [0.15, 0.2) is 53.4 Å². The van der Waals surface area contributed by atoms with Crippen LogP contribution in [-0.4, -0.2) is 51.3 Å². The molecule has 8 heteroatoms. The van der Waals surface area contributed by atoms with Gasteiger partial charge in [-0.25, -0.2) is 13.2 Å². The van der Waals surface area contributed by atoms with Crippen LogP contribution in [0.2, 0.25) is 0 Å². The van der Waals surface area contributed by atoms with Gasteiger partial charge in [-0.3, -0.25) is 4.79 Å². The van der Waals surface area contributed by atoms with Gasteiger partial charge in [-0.15, -0.1) is 0 Å². The molecule has 0 aliphatic carbocycles. The van der Waals surface area contributed by atoms with Gasteiger partial charge < -0.3 is 9.47 Å². The molecule has 3 rings (SSSR count). The van der Waals surface area contributed by atoms with Crippen LogP contribution in [0.3, 0.4) is 0 Å². The molecule has 2 aromatic rings. The maximum absolute atomic E-state index is 12.5. The fourth-order valence-electron chi connectivity index (χ4n) is 3.09. The summed E-state index contributed by atoms with van der Waals surface area (Å²) in [5, 5.41) is 0. The van der Waals surface area contributed by atoms with Crippen molar-refractivity contribution < 1.29 is 27.5 Å². The summed E-state index contributed by atoms with van der Waals surface area (Å²) < 4.78 is 36.6. The second kappa shape index (κ2) is 9.30. The van der Waals surface area contributed by atoms with E-state index in [-0.39, 0.29) is 10.5 Å². The Bertz CT molecular complexity index is 961. The first-order chi connectivity index (χ1) is 13.9. The number of carbonyl (C=O) groups excluding carboxylic acids is 2. The van der Waals surface area contributed by atoms with Crippen molar-refractivity contribution in [2.75, 3.05) is 26.8 Å². The molecule has 0 radical (unpaired) electrons. The van der Waals surface area contributed by atoms with Gasteiger partial charge in [0, 0.05) is 25.8 Å². The van der Waals surface area contributed by atoms with E-state index < -0.39 is 28.4 Å². The zero-order valence-electron chi connectivity index (χ0n) is 16.2. The first kappa shape index (κ1) is 21.2. The highest BCUT2D eigenvalue weighted by Crippen LogP contribution is 2.21. The van der Waals surface area contributed by atoms with Crippen molar-refractivity contribution in [1.82, 2.24) is 4.31 Å². The molecule has 1 aliphatic rings. The number of Topliss-reactive ketones (excluding diaryl/α,β-unsaturated/α-hetero) is 1. The molecule has 0 bridgehead atoms. The Kier molecular flexibility index (Phi) is 6.79. The van der Waals surface area contributed by atoms with E-state index >= 15 is 0 Å². The van der Waals surface area contributed by atoms with Crippen molar-refractivity contribution >= 4 is 21.8 Å². The smallest absolute Gasteiger partial charge is 0.338 e. The van der Waals surface area contributed by atoms with Crippen LogP contribution in [0.25, 0.3) is 0 Å². The van der Waals surface area contributed by atoms with E-state index in [0.29, 0.717) is 25.3 Å². The number of benzene rings is 2. The van der Waals surface area contributed by atoms with Crippen LogP contribution < -0.4 is 0 Å². The van der Waals surface area contributed by atoms with Gasteiger partial charge in [0.1, 0.15) is 0 Å². The summed E-state index contributed by atoms with van der Waals surface area (Å²) in [4.78, 5) is 24.5. The number of rotatable bonds is 8. The predicted octanol–water partition coefficient (Wildman–Crippen LogP) is 2.66. The molecular formula is C21H23NO6S. The summed E-state index contributed by atoms with van der Waals surface area (Å²) in [5.41, 5.74) is 1.54. The maximum Gasteiger partial charge on any atom is 0.338 e. The van der Waals surface area contributed by atoms with Crippen LogP contribution in [0.1, 0.15) is 39.1 Å². The molecule has 29 heavy (non-hydrogen) atoms. The summed E-state index contributed by atoms with van der Waals surface area (Å²) in [5.74, 6) is -1.00. The molecule has 1 fully saturated rings. The minimum Gasteiger partial charge on any atom is -0.454 e. The SMILES string of the molecule is COCc1ccc(C(=O)OCC(=O)c2ccc(S(=O)(=O)N3CCCC3)cc2)cc1. The molecule has 0 unspecified atom stereocenters. The fourth-order valence-corrected chi connectivity index (χ4v) is 4.61. The molecule has 0 aromatic heterocycles. The van der Waals surface area contributed by atoms with Gasteiger partial charge >= 0.3 is 5.97 Å². The van der Waals surface area contributed by atoms with E-state index in [9.17, 15) is 18.0 Å². The lowest BCUT2D eigenvalue weighted by Crippen LogP contribution is -2.27. The van der Waals surface area contributed by atoms with Gasteiger partial charge in [-0.1, -0.05) is 12.1 Å². The standard InChI is InChI=1S/C21H23NO6S/c1-27-14-16-4-6-18(7-5-16)21(24)28-15-20(23)17-8-10-19(11-9-17)29(25,26)22-12-2-3-13-22/h4-11H,2-3,12-15H2,1H3. The molecule has 2 aromatic carbocycles. The number of carbonyl (C=O) groups is 2. The molecule has 1 heterocycles. The van der Waals surface area contributed by atoms with Crippen LogP contribution in [0, 0.1) is 0 Å². The van der Waals surface area contributed by atoms with Crippen molar-refractivity contribution in [3.05, 3.63) is 65.2 Å². The average Bonchev–Trinajstić information content (AvgIpc) is 3.28. The Hall–Kier alpha value is -2.55. The van der Waals surface area contributed by atoms with Gasteiger partial charge in [0.05, 0.1) is 17.1 Å². The molecule has 0 spiro atoms. The molecule has 0 amide bonds. The second-order valence-electron chi connectivity index (χ2n) is 6.76. The summed E-state index contributed by atoms with van der Waals surface area (Å²) in [6.07, 6.45) is 1.71. The molecular weight excluding hydrogens is 394 g/mol. The minimum atomic E-state index is -3.52. The number of hydrogen-bond donors (Lipinski definition) is 0. The van der Waals surface area contributed by atoms with Crippen LogP contribution in [0.5, 0.6) is 0 Å². The van der Waals surface area contributed by atoms with E-state index in [0.717, 1.165) is 18.4 Å². The van der Waals surface area contributed by atoms with Crippen molar-refractivity contribution in [2.45, 2.75) is 24.3 Å². The summed E-state index contributed by atoms with van der Waals surface area (Å²) in [6.45, 7) is 1.06. The summed E-state index contributed by atoms with van der Waals surface area (Å²) in [7, 11) is -1.94. The number of esters is 1. The normalized spacial score (nSPS) is 14.7. The topological polar surface area (TPSA) is 90.0 Å². The van der Waals surface area contributed by atoms with Gasteiger partial charge in [0.15, 0.2) is 12.4 Å². The highest BCUT2D eigenvalue weighted by Gasteiger charge is 2.27. The molecule has 1 aliphatic heterocycles. The average molecular weight is 417 g/mol. The molecule has 1 saturated heterocycles. The van der Waals surface area contributed by atoms with E-state index in [1.165, 1.54) is 28.6 Å². The Morgan fingerprint density at radius 1 is 0.931 bits per heavy atom. The Morgan fingerprint density at radius 2 is 1.52 bits per heavy atom. The van der Waals surface area contributed by atoms with E-state index in [2.05, 4.69) is 0 Å². The lowest BCUT2D eigenvalue weighted by Gasteiger charge is -2.15. The van der Waals surface area contributed by atoms with Crippen molar-refractivity contribution in [3.63, 3.8) is 0 Å². The fraction of sp³-hybridized carbons (Fsp3) is 0.333. The predicted molar refractivity (Wildman–Crippen MR) is 106 cm³/mol. The first-order valence-corrected chi connectivity index (χ1v) is 10.7. The lowest BCUT2D eigenvalue weighted by molar-refractivity contribution is 0.0474. The van der Waals surface area contributed by atoms with E-state index in [4.69, 9.17) is 9.47 Å². The molecule has 0 atom stereocenters. The van der Waals surface area contributed by atoms with Crippen LogP contribution in [-0.2, 0) is 26.1 Å². The van der Waals surface area contributed by atoms with Gasteiger partial charge in [0.25, 0.3) is 0 Å². The molecule has 154 valence electrons. The number of hydrogen-bond acceptors (Lipinski definition) is 6. The minimum absolute atomic E-state index is 0.157. The third-order valence-electron chi connectivity index (χ3n) is 4.71. The zero-order chi connectivity index (χ0) is 20.9. The Labute approximate surface area is 170 Å². The number of ether oxygens (including phenoxy) is 2. The number of ketones is 1. The van der Waals surface area contributed by atoms with Crippen molar-refractivity contribution in [1.29, 1.82) is 0 Å². The first-order valence-electron chi connectivity index (χ1n) is 9.30. The second-order valence-corrected chi connectivity index (χ2v) is 8.70. The third kappa shape index (κ3) is 5.09. The lowest BCUT2D eigenvalue weighted by atomic mass is 10.1. The van der Waals surface area contributed by atoms with Gasteiger partial charge in [-0.05, 0) is 54.8 Å². The maximum atomic E-state index is 12.5. The summed E-state index contributed by atoms with van der Waals surface area (Å²) in [6, 6.07) is 12.4. The van der Waals surface area contributed by atoms with Crippen molar-refractivity contribution in [2.24, 2.45) is 0 Å². The van der Waals surface area contributed by atoms with E-state index in [1.807, 2.05) is 0 Å². The number of sulfonamides is 1. The number of methoxy groups -OCH3 is 1.